The van der Waals surface area contributed by atoms with Crippen LogP contribution in [0.1, 0.15) is 27.1 Å². The number of nitrogens with zero attached hydrogens (tertiary/aromatic N) is 1. The number of rotatable bonds is 7. The van der Waals surface area contributed by atoms with E-state index < -0.39 is 17.7 Å². The van der Waals surface area contributed by atoms with Crippen LogP contribution in [0.15, 0.2) is 48.5 Å². The van der Waals surface area contributed by atoms with Crippen LogP contribution in [0, 0.1) is 5.82 Å². The molecule has 3 rings (SSSR count). The van der Waals surface area contributed by atoms with Gasteiger partial charge in [-0.15, -0.1) is 0 Å². The molecule has 26 heavy (non-hydrogen) atoms. The standard InChI is InChI=1S/C19H17FN2O4/c20-13-6-8-14(9-7-13)26-11-3-10-21-17(23)12-22-18(24)15-4-1-2-5-16(15)19(22)25/h1-2,4-9H,3,10-12H2,(H,21,23). The Morgan fingerprint density at radius 2 is 1.62 bits per heavy atom. The second kappa shape index (κ2) is 7.77. The molecule has 1 heterocycles. The van der Waals surface area contributed by atoms with Crippen molar-refractivity contribution in [2.24, 2.45) is 0 Å². The Morgan fingerprint density at radius 3 is 2.23 bits per heavy atom. The minimum Gasteiger partial charge on any atom is -0.494 e. The predicted molar refractivity (Wildman–Crippen MR) is 91.3 cm³/mol. The molecule has 1 N–H and O–H groups in total. The Labute approximate surface area is 149 Å². The van der Waals surface area contributed by atoms with Gasteiger partial charge in [0.05, 0.1) is 17.7 Å². The third-order valence-electron chi connectivity index (χ3n) is 3.91. The topological polar surface area (TPSA) is 75.7 Å². The van der Waals surface area contributed by atoms with Crippen molar-refractivity contribution in [2.45, 2.75) is 6.42 Å². The number of ether oxygens (including phenoxy) is 1. The quantitative estimate of drug-likeness (QED) is 0.608. The van der Waals surface area contributed by atoms with Crippen molar-refractivity contribution >= 4 is 17.7 Å². The summed E-state index contributed by atoms with van der Waals surface area (Å²) in [5.74, 6) is -1.12. The molecular formula is C19H17FN2O4. The predicted octanol–water partition coefficient (Wildman–Crippen LogP) is 2.01. The van der Waals surface area contributed by atoms with Gasteiger partial charge in [-0.05, 0) is 42.8 Å². The van der Waals surface area contributed by atoms with Crippen molar-refractivity contribution < 1.29 is 23.5 Å². The number of benzene rings is 2. The van der Waals surface area contributed by atoms with Gasteiger partial charge in [0.25, 0.3) is 11.8 Å². The van der Waals surface area contributed by atoms with Crippen LogP contribution in [0.25, 0.3) is 0 Å². The fourth-order valence-electron chi connectivity index (χ4n) is 2.60. The van der Waals surface area contributed by atoms with Crippen LogP contribution in [0.2, 0.25) is 0 Å². The van der Waals surface area contributed by atoms with Crippen molar-refractivity contribution in [3.63, 3.8) is 0 Å². The molecule has 0 aromatic heterocycles. The molecule has 0 fully saturated rings. The summed E-state index contributed by atoms with van der Waals surface area (Å²) < 4.78 is 18.2. The van der Waals surface area contributed by atoms with E-state index in [1.54, 1.807) is 24.3 Å². The van der Waals surface area contributed by atoms with Crippen LogP contribution < -0.4 is 10.1 Å². The highest BCUT2D eigenvalue weighted by molar-refractivity contribution is 6.22. The second-order valence-corrected chi connectivity index (χ2v) is 5.75. The van der Waals surface area contributed by atoms with E-state index in [-0.39, 0.29) is 12.4 Å². The Morgan fingerprint density at radius 1 is 1.00 bits per heavy atom. The monoisotopic (exact) mass is 356 g/mol. The molecule has 0 saturated carbocycles. The normalized spacial score (nSPS) is 12.9. The zero-order valence-corrected chi connectivity index (χ0v) is 13.9. The fraction of sp³-hybridized carbons (Fsp3) is 0.211. The number of carbonyl (C=O) groups excluding carboxylic acids is 3. The van der Waals surface area contributed by atoms with Crippen LogP contribution in [0.3, 0.4) is 0 Å². The van der Waals surface area contributed by atoms with Crippen molar-refractivity contribution in [1.82, 2.24) is 10.2 Å². The van der Waals surface area contributed by atoms with E-state index in [1.165, 1.54) is 24.3 Å². The van der Waals surface area contributed by atoms with E-state index in [1.807, 2.05) is 0 Å². The van der Waals surface area contributed by atoms with Crippen molar-refractivity contribution in [3.05, 3.63) is 65.5 Å². The van der Waals surface area contributed by atoms with Crippen LogP contribution >= 0.6 is 0 Å². The lowest BCUT2D eigenvalue weighted by atomic mass is 10.1. The number of fused-ring (bicyclic) bond motifs is 1. The first-order valence-electron chi connectivity index (χ1n) is 8.16. The van der Waals surface area contributed by atoms with Gasteiger partial charge in [-0.2, -0.15) is 0 Å². The Balaban J connectivity index is 1.40. The number of imide groups is 1. The summed E-state index contributed by atoms with van der Waals surface area (Å²) >= 11 is 0. The maximum atomic E-state index is 12.8. The molecule has 6 nitrogen and oxygen atoms in total. The smallest absolute Gasteiger partial charge is 0.262 e. The third-order valence-corrected chi connectivity index (χ3v) is 3.91. The van der Waals surface area contributed by atoms with E-state index in [9.17, 15) is 18.8 Å². The summed E-state index contributed by atoms with van der Waals surface area (Å²) in [6.45, 7) is 0.368. The van der Waals surface area contributed by atoms with Gasteiger partial charge < -0.3 is 10.1 Å². The van der Waals surface area contributed by atoms with Crippen LogP contribution in [0.4, 0.5) is 4.39 Å². The first kappa shape index (κ1) is 17.6. The van der Waals surface area contributed by atoms with Crippen molar-refractivity contribution in [1.29, 1.82) is 0 Å². The molecule has 0 saturated heterocycles. The van der Waals surface area contributed by atoms with Crippen LogP contribution in [-0.2, 0) is 4.79 Å². The van der Waals surface area contributed by atoms with Crippen LogP contribution in [0.5, 0.6) is 5.75 Å². The zero-order valence-electron chi connectivity index (χ0n) is 13.9. The second-order valence-electron chi connectivity index (χ2n) is 5.75. The lowest BCUT2D eigenvalue weighted by molar-refractivity contribution is -0.121. The van der Waals surface area contributed by atoms with E-state index in [4.69, 9.17) is 4.74 Å². The molecule has 0 unspecified atom stereocenters. The van der Waals surface area contributed by atoms with Gasteiger partial charge in [0.15, 0.2) is 0 Å². The number of hydrogen-bond acceptors (Lipinski definition) is 4. The molecule has 0 aliphatic carbocycles. The van der Waals surface area contributed by atoms with Crippen molar-refractivity contribution in [3.8, 4) is 5.75 Å². The van der Waals surface area contributed by atoms with Gasteiger partial charge in [0, 0.05) is 6.54 Å². The highest BCUT2D eigenvalue weighted by atomic mass is 19.1. The molecule has 2 aromatic carbocycles. The highest BCUT2D eigenvalue weighted by Gasteiger charge is 2.36. The Bertz CT molecular complexity index is 801. The lowest BCUT2D eigenvalue weighted by Crippen LogP contribution is -2.40. The molecule has 2 aromatic rings. The van der Waals surface area contributed by atoms with E-state index in [2.05, 4.69) is 5.32 Å². The fourth-order valence-corrected chi connectivity index (χ4v) is 2.60. The molecule has 134 valence electrons. The number of amides is 3. The van der Waals surface area contributed by atoms with E-state index in [0.717, 1.165) is 4.90 Å². The molecule has 7 heteroatoms. The molecule has 0 atom stereocenters. The zero-order chi connectivity index (χ0) is 18.5. The summed E-state index contributed by atoms with van der Waals surface area (Å²) in [7, 11) is 0. The lowest BCUT2D eigenvalue weighted by Gasteiger charge is -2.13. The summed E-state index contributed by atoms with van der Waals surface area (Å²) in [6.07, 6.45) is 0.533. The minimum absolute atomic E-state index is 0.314. The molecule has 3 amide bonds. The summed E-state index contributed by atoms with van der Waals surface area (Å²) in [5.41, 5.74) is 0.635. The van der Waals surface area contributed by atoms with Crippen LogP contribution in [-0.4, -0.2) is 42.3 Å². The molecule has 1 aliphatic heterocycles. The van der Waals surface area contributed by atoms with Gasteiger partial charge in [-0.25, -0.2) is 4.39 Å². The van der Waals surface area contributed by atoms with E-state index >= 15 is 0 Å². The Kier molecular flexibility index (Phi) is 5.26. The maximum absolute atomic E-state index is 12.8. The first-order chi connectivity index (χ1) is 12.6. The van der Waals surface area contributed by atoms with Gasteiger partial charge in [-0.1, -0.05) is 12.1 Å². The molecular weight excluding hydrogens is 339 g/mol. The summed E-state index contributed by atoms with van der Waals surface area (Å²) in [6, 6.07) is 12.1. The third kappa shape index (κ3) is 3.88. The highest BCUT2D eigenvalue weighted by Crippen LogP contribution is 2.21. The first-order valence-corrected chi connectivity index (χ1v) is 8.16. The van der Waals surface area contributed by atoms with Gasteiger partial charge in [-0.3, -0.25) is 19.3 Å². The van der Waals surface area contributed by atoms with Crippen molar-refractivity contribution in [2.75, 3.05) is 19.7 Å². The Hall–Kier alpha value is -3.22. The molecule has 0 spiro atoms. The number of carbonyl (C=O) groups is 3. The molecule has 1 aliphatic rings. The number of nitrogens with one attached hydrogen (secondary N) is 1. The molecule has 0 bridgehead atoms. The average molecular weight is 356 g/mol. The maximum Gasteiger partial charge on any atom is 0.262 e. The van der Waals surface area contributed by atoms with Gasteiger partial charge in [0.2, 0.25) is 5.91 Å². The van der Waals surface area contributed by atoms with Gasteiger partial charge >= 0.3 is 0 Å². The summed E-state index contributed by atoms with van der Waals surface area (Å²) in [5, 5.41) is 2.65. The molecule has 0 radical (unpaired) electrons. The van der Waals surface area contributed by atoms with E-state index in [0.29, 0.717) is 36.4 Å². The summed E-state index contributed by atoms with van der Waals surface area (Å²) in [4.78, 5) is 37.3. The SMILES string of the molecule is O=C(CN1C(=O)c2ccccc2C1=O)NCCCOc1ccc(F)cc1. The largest absolute Gasteiger partial charge is 0.494 e. The van der Waals surface area contributed by atoms with Gasteiger partial charge in [0.1, 0.15) is 18.1 Å². The number of hydrogen-bond donors (Lipinski definition) is 1. The number of halogens is 1. The minimum atomic E-state index is -0.458. The average Bonchev–Trinajstić information content (AvgIpc) is 2.88.